The standard InChI is InChI=1S/C19H30N2O2/c1-13(2)15(4)20-18-9-5-8-17(14(18)3)19(23)21-10-6-7-16(11-21)12-22/h5,8-9,13,15-16,20,22H,6-7,10-12H2,1-4H3. The van der Waals surface area contributed by atoms with Crippen molar-refractivity contribution < 1.29 is 9.90 Å². The highest BCUT2D eigenvalue weighted by molar-refractivity contribution is 5.97. The lowest BCUT2D eigenvalue weighted by molar-refractivity contribution is 0.0620. The molecule has 1 amide bonds. The Bertz CT molecular complexity index is 542. The molecule has 0 bridgehead atoms. The summed E-state index contributed by atoms with van der Waals surface area (Å²) in [5.74, 6) is 0.831. The molecule has 1 aromatic rings. The average Bonchev–Trinajstić information content (AvgIpc) is 2.56. The zero-order valence-corrected chi connectivity index (χ0v) is 14.8. The molecule has 4 nitrogen and oxygen atoms in total. The number of nitrogens with zero attached hydrogens (tertiary/aromatic N) is 1. The molecule has 1 aliphatic heterocycles. The van der Waals surface area contributed by atoms with Gasteiger partial charge in [-0.15, -0.1) is 0 Å². The van der Waals surface area contributed by atoms with Gasteiger partial charge in [0, 0.05) is 37.0 Å². The van der Waals surface area contributed by atoms with Crippen molar-refractivity contribution in [3.63, 3.8) is 0 Å². The summed E-state index contributed by atoms with van der Waals surface area (Å²) in [6.45, 7) is 10.2. The van der Waals surface area contributed by atoms with Crippen LogP contribution in [0.3, 0.4) is 0 Å². The van der Waals surface area contributed by atoms with Crippen LogP contribution in [0.4, 0.5) is 5.69 Å². The highest BCUT2D eigenvalue weighted by Gasteiger charge is 2.25. The van der Waals surface area contributed by atoms with Crippen LogP contribution in [0.5, 0.6) is 0 Å². The molecule has 1 saturated heterocycles. The number of rotatable bonds is 5. The zero-order valence-electron chi connectivity index (χ0n) is 14.8. The second kappa shape index (κ2) is 7.82. The first kappa shape index (κ1) is 17.8. The molecule has 1 fully saturated rings. The Hall–Kier alpha value is -1.55. The molecule has 2 atom stereocenters. The molecule has 2 N–H and O–H groups in total. The second-order valence-electron chi connectivity index (χ2n) is 7.10. The quantitative estimate of drug-likeness (QED) is 0.876. The number of aliphatic hydroxyl groups is 1. The number of anilines is 1. The molecule has 0 aromatic heterocycles. The van der Waals surface area contributed by atoms with Crippen molar-refractivity contribution in [2.45, 2.75) is 46.6 Å². The first-order valence-corrected chi connectivity index (χ1v) is 8.70. The Morgan fingerprint density at radius 1 is 1.39 bits per heavy atom. The van der Waals surface area contributed by atoms with Crippen molar-refractivity contribution in [1.82, 2.24) is 4.90 Å². The van der Waals surface area contributed by atoms with Crippen LogP contribution in [-0.2, 0) is 0 Å². The molecular formula is C19H30N2O2. The van der Waals surface area contributed by atoms with Crippen LogP contribution in [0.1, 0.15) is 49.5 Å². The number of carbonyl (C=O) groups excluding carboxylic acids is 1. The van der Waals surface area contributed by atoms with Gasteiger partial charge in [0.25, 0.3) is 5.91 Å². The van der Waals surface area contributed by atoms with Crippen LogP contribution >= 0.6 is 0 Å². The van der Waals surface area contributed by atoms with Gasteiger partial charge in [-0.2, -0.15) is 0 Å². The summed E-state index contributed by atoms with van der Waals surface area (Å²) in [4.78, 5) is 14.8. The monoisotopic (exact) mass is 318 g/mol. The lowest BCUT2D eigenvalue weighted by Crippen LogP contribution is -2.41. The largest absolute Gasteiger partial charge is 0.396 e. The fourth-order valence-corrected chi connectivity index (χ4v) is 3.00. The van der Waals surface area contributed by atoms with Crippen LogP contribution in [0.25, 0.3) is 0 Å². The maximum absolute atomic E-state index is 12.9. The van der Waals surface area contributed by atoms with Crippen LogP contribution < -0.4 is 5.32 Å². The van der Waals surface area contributed by atoms with Crippen molar-refractivity contribution >= 4 is 11.6 Å². The number of nitrogens with one attached hydrogen (secondary N) is 1. The third-order valence-electron chi connectivity index (χ3n) is 5.01. The van der Waals surface area contributed by atoms with Crippen molar-refractivity contribution in [2.24, 2.45) is 11.8 Å². The third kappa shape index (κ3) is 4.25. The Kier molecular flexibility index (Phi) is 6.05. The first-order chi connectivity index (χ1) is 10.9. The molecule has 1 heterocycles. The van der Waals surface area contributed by atoms with E-state index in [0.717, 1.165) is 36.2 Å². The maximum atomic E-state index is 12.9. The number of carbonyl (C=O) groups is 1. The number of hydrogen-bond acceptors (Lipinski definition) is 3. The number of hydrogen-bond donors (Lipinski definition) is 2. The van der Waals surface area contributed by atoms with Gasteiger partial charge in [-0.1, -0.05) is 19.9 Å². The molecule has 0 saturated carbocycles. The Morgan fingerprint density at radius 3 is 2.78 bits per heavy atom. The van der Waals surface area contributed by atoms with E-state index in [-0.39, 0.29) is 18.4 Å². The summed E-state index contributed by atoms with van der Waals surface area (Å²) in [7, 11) is 0. The molecule has 2 unspecified atom stereocenters. The van der Waals surface area contributed by atoms with E-state index >= 15 is 0 Å². The third-order valence-corrected chi connectivity index (χ3v) is 5.01. The number of piperidine rings is 1. The van der Waals surface area contributed by atoms with E-state index in [0.29, 0.717) is 18.5 Å². The molecule has 4 heteroatoms. The summed E-state index contributed by atoms with van der Waals surface area (Å²) in [5.41, 5.74) is 2.81. The maximum Gasteiger partial charge on any atom is 0.254 e. The second-order valence-corrected chi connectivity index (χ2v) is 7.10. The summed E-state index contributed by atoms with van der Waals surface area (Å²) in [6.07, 6.45) is 1.98. The molecule has 0 spiro atoms. The minimum Gasteiger partial charge on any atom is -0.396 e. The van der Waals surface area contributed by atoms with Crippen LogP contribution in [-0.4, -0.2) is 41.7 Å². The van der Waals surface area contributed by atoms with Crippen molar-refractivity contribution in [1.29, 1.82) is 0 Å². The number of likely N-dealkylation sites (tertiary alicyclic amines) is 1. The fourth-order valence-electron chi connectivity index (χ4n) is 3.00. The van der Waals surface area contributed by atoms with Gasteiger partial charge in [0.1, 0.15) is 0 Å². The molecule has 23 heavy (non-hydrogen) atoms. The van der Waals surface area contributed by atoms with Gasteiger partial charge >= 0.3 is 0 Å². The average molecular weight is 318 g/mol. The van der Waals surface area contributed by atoms with Crippen LogP contribution in [0, 0.1) is 18.8 Å². The van der Waals surface area contributed by atoms with E-state index < -0.39 is 0 Å². The molecule has 1 aliphatic rings. The lowest BCUT2D eigenvalue weighted by Gasteiger charge is -2.32. The van der Waals surface area contributed by atoms with Gasteiger partial charge < -0.3 is 15.3 Å². The predicted octanol–water partition coefficient (Wildman–Crippen LogP) is 3.30. The smallest absolute Gasteiger partial charge is 0.254 e. The van der Waals surface area contributed by atoms with Gasteiger partial charge in [0.2, 0.25) is 0 Å². The minimum absolute atomic E-state index is 0.0847. The molecular weight excluding hydrogens is 288 g/mol. The van der Waals surface area contributed by atoms with E-state index in [9.17, 15) is 9.90 Å². The number of benzene rings is 1. The molecule has 128 valence electrons. The Balaban J connectivity index is 2.17. The highest BCUT2D eigenvalue weighted by Crippen LogP contribution is 2.24. The van der Waals surface area contributed by atoms with Gasteiger partial charge in [0.15, 0.2) is 0 Å². The van der Waals surface area contributed by atoms with E-state index in [1.807, 2.05) is 30.0 Å². The van der Waals surface area contributed by atoms with Crippen LogP contribution in [0.2, 0.25) is 0 Å². The van der Waals surface area contributed by atoms with E-state index in [4.69, 9.17) is 0 Å². The van der Waals surface area contributed by atoms with Crippen molar-refractivity contribution in [3.05, 3.63) is 29.3 Å². The first-order valence-electron chi connectivity index (χ1n) is 8.70. The molecule has 2 rings (SSSR count). The van der Waals surface area contributed by atoms with Crippen LogP contribution in [0.15, 0.2) is 18.2 Å². The summed E-state index contributed by atoms with van der Waals surface area (Å²) in [6, 6.07) is 6.25. The topological polar surface area (TPSA) is 52.6 Å². The van der Waals surface area contributed by atoms with Gasteiger partial charge in [-0.05, 0) is 56.2 Å². The van der Waals surface area contributed by atoms with Crippen molar-refractivity contribution in [3.8, 4) is 0 Å². The zero-order chi connectivity index (χ0) is 17.0. The normalized spacial score (nSPS) is 19.7. The molecule has 0 aliphatic carbocycles. The minimum atomic E-state index is 0.0847. The van der Waals surface area contributed by atoms with E-state index in [1.54, 1.807) is 0 Å². The summed E-state index contributed by atoms with van der Waals surface area (Å²) >= 11 is 0. The Morgan fingerprint density at radius 2 is 2.13 bits per heavy atom. The highest BCUT2D eigenvalue weighted by atomic mass is 16.3. The van der Waals surface area contributed by atoms with Gasteiger partial charge in [0.05, 0.1) is 0 Å². The van der Waals surface area contributed by atoms with Gasteiger partial charge in [-0.25, -0.2) is 0 Å². The van der Waals surface area contributed by atoms with E-state index in [1.165, 1.54) is 0 Å². The van der Waals surface area contributed by atoms with Crippen molar-refractivity contribution in [2.75, 3.05) is 25.0 Å². The fraction of sp³-hybridized carbons (Fsp3) is 0.632. The lowest BCUT2D eigenvalue weighted by atomic mass is 9.97. The Labute approximate surface area is 139 Å². The summed E-state index contributed by atoms with van der Waals surface area (Å²) in [5, 5.41) is 12.9. The van der Waals surface area contributed by atoms with Gasteiger partial charge in [-0.3, -0.25) is 4.79 Å². The molecule has 1 aromatic carbocycles. The number of amides is 1. The SMILES string of the molecule is Cc1c(NC(C)C(C)C)cccc1C(=O)N1CCCC(CO)C1. The summed E-state index contributed by atoms with van der Waals surface area (Å²) < 4.78 is 0. The predicted molar refractivity (Wildman–Crippen MR) is 94.8 cm³/mol. The molecule has 0 radical (unpaired) electrons. The number of aliphatic hydroxyl groups excluding tert-OH is 1. The van der Waals surface area contributed by atoms with E-state index in [2.05, 4.69) is 26.1 Å².